The summed E-state index contributed by atoms with van der Waals surface area (Å²) in [4.78, 5) is 18.5. The Bertz CT molecular complexity index is 746. The zero-order valence-electron chi connectivity index (χ0n) is 14.0. The number of piperidine rings is 1. The second kappa shape index (κ2) is 8.53. The summed E-state index contributed by atoms with van der Waals surface area (Å²) in [6, 6.07) is 13.9. The number of benzene rings is 1. The normalized spacial score (nSPS) is 17.4. The van der Waals surface area contributed by atoms with Crippen LogP contribution in [-0.2, 0) is 4.79 Å². The van der Waals surface area contributed by atoms with E-state index in [-0.39, 0.29) is 11.9 Å². The molecule has 0 aliphatic carbocycles. The summed E-state index contributed by atoms with van der Waals surface area (Å²) in [5.41, 5.74) is 2.12. The van der Waals surface area contributed by atoms with Crippen LogP contribution in [0, 0.1) is 0 Å². The molecule has 1 unspecified atom stereocenters. The summed E-state index contributed by atoms with van der Waals surface area (Å²) >= 11 is 5.50. The molecule has 1 aliphatic heterocycles. The lowest BCUT2D eigenvalue weighted by Gasteiger charge is -2.37. The van der Waals surface area contributed by atoms with Gasteiger partial charge < -0.3 is 4.90 Å². The van der Waals surface area contributed by atoms with Gasteiger partial charge in [0.25, 0.3) is 0 Å². The lowest BCUT2D eigenvalue weighted by molar-refractivity contribution is -0.115. The molecule has 1 aliphatic rings. The fraction of sp³-hybridized carbons (Fsp3) is 0.250. The number of pyridine rings is 1. The molecule has 1 aromatic heterocycles. The zero-order valence-corrected chi connectivity index (χ0v) is 14.8. The Labute approximate surface area is 153 Å². The summed E-state index contributed by atoms with van der Waals surface area (Å²) in [5.74, 6) is -0.204. The Balaban J connectivity index is 1.64. The van der Waals surface area contributed by atoms with Crippen LogP contribution in [0.15, 0.2) is 60.9 Å². The van der Waals surface area contributed by atoms with Crippen molar-refractivity contribution in [2.24, 2.45) is 0 Å². The number of nitrogens with one attached hydrogen (secondary N) is 1. The average molecular weight is 351 g/mol. The molecule has 1 fully saturated rings. The number of aromatic nitrogens is 1. The Kier molecular flexibility index (Phi) is 5.90. The molecule has 0 radical (unpaired) electrons. The third-order valence-corrected chi connectivity index (χ3v) is 4.63. The summed E-state index contributed by atoms with van der Waals surface area (Å²) in [6.45, 7) is 0.848. The topological polar surface area (TPSA) is 45.2 Å². The molecule has 2 heterocycles. The number of hydrogen-bond donors (Lipinski definition) is 1. The maximum atomic E-state index is 12.2. The molecule has 4 nitrogen and oxygen atoms in total. The highest BCUT2D eigenvalue weighted by Crippen LogP contribution is 2.30. The molecular weight excluding hydrogens is 330 g/mol. The highest BCUT2D eigenvalue weighted by atomic mass is 32.1. The van der Waals surface area contributed by atoms with Gasteiger partial charge in [0, 0.05) is 25.0 Å². The van der Waals surface area contributed by atoms with Crippen molar-refractivity contribution in [3.05, 3.63) is 72.1 Å². The van der Waals surface area contributed by atoms with E-state index >= 15 is 0 Å². The van der Waals surface area contributed by atoms with Crippen LogP contribution in [0.3, 0.4) is 0 Å². The first kappa shape index (κ1) is 17.3. The number of hydrogen-bond acceptors (Lipinski definition) is 3. The van der Waals surface area contributed by atoms with Crippen LogP contribution >= 0.6 is 12.2 Å². The smallest absolute Gasteiger partial charge is 0.250 e. The molecule has 5 heteroatoms. The number of carbonyl (C=O) groups is 1. The number of rotatable bonds is 3. The van der Waals surface area contributed by atoms with Gasteiger partial charge in [0.15, 0.2) is 5.11 Å². The summed E-state index contributed by atoms with van der Waals surface area (Å²) < 4.78 is 0. The minimum absolute atomic E-state index is 0.174. The first-order chi connectivity index (χ1) is 12.2. The van der Waals surface area contributed by atoms with Gasteiger partial charge in [0.2, 0.25) is 5.91 Å². The van der Waals surface area contributed by atoms with Crippen LogP contribution in [0.1, 0.15) is 36.4 Å². The van der Waals surface area contributed by atoms with Crippen molar-refractivity contribution < 1.29 is 4.79 Å². The van der Waals surface area contributed by atoms with E-state index in [1.54, 1.807) is 12.3 Å². The van der Waals surface area contributed by atoms with E-state index in [4.69, 9.17) is 12.2 Å². The third kappa shape index (κ3) is 4.73. The number of carbonyl (C=O) groups excluding carboxylic acids is 1. The van der Waals surface area contributed by atoms with Crippen LogP contribution in [0.4, 0.5) is 0 Å². The molecule has 1 atom stereocenters. The number of amides is 1. The monoisotopic (exact) mass is 351 g/mol. The van der Waals surface area contributed by atoms with Gasteiger partial charge in [-0.05, 0) is 54.7 Å². The van der Waals surface area contributed by atoms with E-state index in [9.17, 15) is 4.79 Å². The van der Waals surface area contributed by atoms with E-state index in [1.807, 2.05) is 42.6 Å². The third-order valence-electron chi connectivity index (χ3n) is 4.29. The predicted molar refractivity (Wildman–Crippen MR) is 104 cm³/mol. The zero-order chi connectivity index (χ0) is 17.5. The molecule has 1 N–H and O–H groups in total. The van der Waals surface area contributed by atoms with Gasteiger partial charge >= 0.3 is 0 Å². The number of nitrogens with zero attached hydrogens (tertiary/aromatic N) is 2. The lowest BCUT2D eigenvalue weighted by Crippen LogP contribution is -2.46. The molecule has 0 saturated carbocycles. The van der Waals surface area contributed by atoms with Crippen molar-refractivity contribution in [2.45, 2.75) is 25.3 Å². The van der Waals surface area contributed by atoms with Crippen LogP contribution in [0.5, 0.6) is 0 Å². The van der Waals surface area contributed by atoms with Crippen LogP contribution in [0.2, 0.25) is 0 Å². The molecule has 2 aromatic rings. The van der Waals surface area contributed by atoms with Crippen molar-refractivity contribution >= 4 is 29.3 Å². The van der Waals surface area contributed by atoms with Gasteiger partial charge in [-0.1, -0.05) is 36.4 Å². The van der Waals surface area contributed by atoms with E-state index in [1.165, 1.54) is 6.08 Å². The van der Waals surface area contributed by atoms with E-state index in [0.29, 0.717) is 5.11 Å². The summed E-state index contributed by atoms with van der Waals surface area (Å²) in [6.07, 6.45) is 10.2. The van der Waals surface area contributed by atoms with E-state index in [0.717, 1.165) is 36.9 Å². The molecule has 1 saturated heterocycles. The second-order valence-electron chi connectivity index (χ2n) is 6.03. The number of thiocarbonyl (C=S) groups is 1. The van der Waals surface area contributed by atoms with E-state index in [2.05, 4.69) is 21.3 Å². The van der Waals surface area contributed by atoms with Crippen molar-refractivity contribution in [3.8, 4) is 0 Å². The van der Waals surface area contributed by atoms with Crippen molar-refractivity contribution in [1.29, 1.82) is 0 Å². The SMILES string of the molecule is O=C(C=Cc1ccccc1)NC(=S)N1CCCCC1c1cccnc1. The fourth-order valence-corrected chi connectivity index (χ4v) is 3.37. The minimum atomic E-state index is -0.204. The number of likely N-dealkylation sites (tertiary alicyclic amines) is 1. The standard InChI is InChI=1S/C20H21N3OS/c24-19(12-11-16-7-2-1-3-8-16)22-20(25)23-14-5-4-10-18(23)17-9-6-13-21-15-17/h1-3,6-9,11-13,15,18H,4-5,10,14H2,(H,22,24,25). The van der Waals surface area contributed by atoms with Crippen LogP contribution < -0.4 is 5.32 Å². The molecule has 128 valence electrons. The predicted octanol–water partition coefficient (Wildman–Crippen LogP) is 3.72. The summed E-state index contributed by atoms with van der Waals surface area (Å²) in [5, 5.41) is 3.31. The molecule has 1 amide bonds. The van der Waals surface area contributed by atoms with Crippen LogP contribution in [0.25, 0.3) is 6.08 Å². The van der Waals surface area contributed by atoms with Gasteiger partial charge in [0.1, 0.15) is 0 Å². The van der Waals surface area contributed by atoms with Crippen molar-refractivity contribution in [2.75, 3.05) is 6.54 Å². The highest BCUT2D eigenvalue weighted by molar-refractivity contribution is 7.80. The highest BCUT2D eigenvalue weighted by Gasteiger charge is 2.26. The molecule has 0 bridgehead atoms. The second-order valence-corrected chi connectivity index (χ2v) is 6.42. The Morgan fingerprint density at radius 2 is 2.04 bits per heavy atom. The average Bonchev–Trinajstić information content (AvgIpc) is 2.68. The van der Waals surface area contributed by atoms with Crippen molar-refractivity contribution in [1.82, 2.24) is 15.2 Å². The molecule has 0 spiro atoms. The van der Waals surface area contributed by atoms with Gasteiger partial charge in [0.05, 0.1) is 6.04 Å². The lowest BCUT2D eigenvalue weighted by atomic mass is 9.97. The first-order valence-electron chi connectivity index (χ1n) is 8.48. The maximum Gasteiger partial charge on any atom is 0.250 e. The maximum absolute atomic E-state index is 12.2. The van der Waals surface area contributed by atoms with Gasteiger partial charge in [-0.3, -0.25) is 15.1 Å². The molecule has 1 aromatic carbocycles. The minimum Gasteiger partial charge on any atom is -0.342 e. The fourth-order valence-electron chi connectivity index (χ4n) is 3.05. The Hall–Kier alpha value is -2.53. The van der Waals surface area contributed by atoms with Gasteiger partial charge in [-0.15, -0.1) is 0 Å². The Morgan fingerprint density at radius 3 is 2.80 bits per heavy atom. The first-order valence-corrected chi connectivity index (χ1v) is 8.89. The van der Waals surface area contributed by atoms with E-state index < -0.39 is 0 Å². The molecule has 25 heavy (non-hydrogen) atoms. The Morgan fingerprint density at radius 1 is 1.20 bits per heavy atom. The van der Waals surface area contributed by atoms with Gasteiger partial charge in [-0.25, -0.2) is 0 Å². The van der Waals surface area contributed by atoms with Crippen molar-refractivity contribution in [3.63, 3.8) is 0 Å². The largest absolute Gasteiger partial charge is 0.342 e. The molecule has 3 rings (SSSR count). The quantitative estimate of drug-likeness (QED) is 0.676. The summed E-state index contributed by atoms with van der Waals surface area (Å²) in [7, 11) is 0. The van der Waals surface area contributed by atoms with Crippen LogP contribution in [-0.4, -0.2) is 27.4 Å². The molecular formula is C20H21N3OS. The van der Waals surface area contributed by atoms with Gasteiger partial charge in [-0.2, -0.15) is 0 Å².